The van der Waals surface area contributed by atoms with Gasteiger partial charge in [0.05, 0.1) is 10.9 Å². The Bertz CT molecular complexity index is 519. The lowest BCUT2D eigenvalue weighted by Gasteiger charge is -2.13. The number of hydrogen-bond acceptors (Lipinski definition) is 2. The van der Waals surface area contributed by atoms with Gasteiger partial charge in [-0.1, -0.05) is 28.1 Å². The molecule has 18 heavy (non-hydrogen) atoms. The van der Waals surface area contributed by atoms with Crippen molar-refractivity contribution in [2.24, 2.45) is 0 Å². The molecule has 1 aromatic carbocycles. The summed E-state index contributed by atoms with van der Waals surface area (Å²) in [6.45, 7) is 6.22. The monoisotopic (exact) mass is 324 g/mol. The molecule has 0 aliphatic rings. The summed E-state index contributed by atoms with van der Waals surface area (Å²) in [5, 5.41) is 0. The lowest BCUT2D eigenvalue weighted by Crippen LogP contribution is -2.05. The van der Waals surface area contributed by atoms with Gasteiger partial charge in [0, 0.05) is 9.75 Å². The molecule has 0 aliphatic heterocycles. The topological polar surface area (TPSA) is 9.23 Å². The molecular weight excluding hydrogens is 308 g/mol. The quantitative estimate of drug-likeness (QED) is 0.691. The Morgan fingerprint density at radius 1 is 1.17 bits per heavy atom. The van der Waals surface area contributed by atoms with Gasteiger partial charge >= 0.3 is 0 Å². The van der Waals surface area contributed by atoms with Crippen LogP contribution in [0.5, 0.6) is 5.75 Å². The first-order chi connectivity index (χ1) is 8.56. The van der Waals surface area contributed by atoms with Crippen molar-refractivity contribution in [3.05, 3.63) is 51.7 Å². The molecule has 0 saturated carbocycles. The first-order valence-corrected chi connectivity index (χ1v) is 7.76. The van der Waals surface area contributed by atoms with Gasteiger partial charge in [-0.25, -0.2) is 0 Å². The summed E-state index contributed by atoms with van der Waals surface area (Å²) in [7, 11) is 0. The van der Waals surface area contributed by atoms with Gasteiger partial charge in [-0.15, -0.1) is 11.3 Å². The van der Waals surface area contributed by atoms with Crippen molar-refractivity contribution in [2.45, 2.75) is 31.7 Å². The number of benzene rings is 1. The molecule has 0 radical (unpaired) electrons. The van der Waals surface area contributed by atoms with Crippen molar-refractivity contribution >= 4 is 27.3 Å². The fourth-order valence-electron chi connectivity index (χ4n) is 1.77. The van der Waals surface area contributed by atoms with Crippen LogP contribution in [0.4, 0.5) is 0 Å². The number of thiophene rings is 1. The Morgan fingerprint density at radius 2 is 1.94 bits per heavy atom. The second kappa shape index (κ2) is 5.89. The summed E-state index contributed by atoms with van der Waals surface area (Å²) in [5.41, 5.74) is 1.23. The Labute approximate surface area is 121 Å². The van der Waals surface area contributed by atoms with E-state index in [-0.39, 0.29) is 10.9 Å². The lowest BCUT2D eigenvalue weighted by atomic mass is 10.1. The molecule has 0 spiro atoms. The van der Waals surface area contributed by atoms with E-state index in [1.165, 1.54) is 15.3 Å². The van der Waals surface area contributed by atoms with Crippen LogP contribution < -0.4 is 4.74 Å². The highest BCUT2D eigenvalue weighted by molar-refractivity contribution is 9.09. The van der Waals surface area contributed by atoms with Crippen LogP contribution in [0.2, 0.25) is 0 Å². The van der Waals surface area contributed by atoms with Crippen LogP contribution in [0.3, 0.4) is 0 Å². The lowest BCUT2D eigenvalue weighted by molar-refractivity contribution is 0.242. The van der Waals surface area contributed by atoms with Gasteiger partial charge in [0.25, 0.3) is 0 Å². The third-order valence-corrected chi connectivity index (χ3v) is 4.92. The smallest absolute Gasteiger partial charge is 0.120 e. The zero-order chi connectivity index (χ0) is 13.1. The van der Waals surface area contributed by atoms with Gasteiger partial charge in [0.2, 0.25) is 0 Å². The summed E-state index contributed by atoms with van der Waals surface area (Å²) in [5.74, 6) is 0.931. The summed E-state index contributed by atoms with van der Waals surface area (Å²) in [6, 6.07) is 12.6. The minimum atomic E-state index is 0.206. The number of halogens is 1. The van der Waals surface area contributed by atoms with Crippen LogP contribution in [0, 0.1) is 6.92 Å². The van der Waals surface area contributed by atoms with E-state index in [9.17, 15) is 0 Å². The average Bonchev–Trinajstić information content (AvgIpc) is 2.74. The Morgan fingerprint density at radius 3 is 2.56 bits per heavy atom. The second-order valence-corrected chi connectivity index (χ2v) is 6.79. The summed E-state index contributed by atoms with van der Waals surface area (Å²) < 4.78 is 5.73. The van der Waals surface area contributed by atoms with E-state index in [1.807, 2.05) is 37.3 Å². The molecule has 0 fully saturated rings. The molecule has 0 saturated heterocycles. The van der Waals surface area contributed by atoms with Crippen LogP contribution in [0.25, 0.3) is 0 Å². The second-order valence-electron chi connectivity index (χ2n) is 4.55. The highest BCUT2D eigenvalue weighted by Crippen LogP contribution is 2.36. The number of alkyl halides is 1. The highest BCUT2D eigenvalue weighted by Gasteiger charge is 2.13. The predicted octanol–water partition coefficient (Wildman–Crippen LogP) is 5.33. The van der Waals surface area contributed by atoms with Crippen LogP contribution in [0.1, 0.15) is 34.0 Å². The van der Waals surface area contributed by atoms with E-state index in [0.29, 0.717) is 0 Å². The van der Waals surface area contributed by atoms with Gasteiger partial charge in [-0.2, -0.15) is 0 Å². The number of rotatable bonds is 4. The van der Waals surface area contributed by atoms with Gasteiger partial charge in [-0.3, -0.25) is 0 Å². The van der Waals surface area contributed by atoms with Crippen LogP contribution in [-0.4, -0.2) is 6.10 Å². The third kappa shape index (κ3) is 3.36. The number of aryl methyl sites for hydroxylation is 1. The maximum Gasteiger partial charge on any atom is 0.120 e. The van der Waals surface area contributed by atoms with E-state index in [2.05, 4.69) is 47.1 Å². The average molecular weight is 325 g/mol. The zero-order valence-corrected chi connectivity index (χ0v) is 13.2. The van der Waals surface area contributed by atoms with Crippen molar-refractivity contribution in [1.82, 2.24) is 0 Å². The molecule has 0 bridgehead atoms. The van der Waals surface area contributed by atoms with Crippen molar-refractivity contribution < 1.29 is 4.74 Å². The van der Waals surface area contributed by atoms with E-state index >= 15 is 0 Å². The number of hydrogen-bond donors (Lipinski definition) is 0. The highest BCUT2D eigenvalue weighted by atomic mass is 79.9. The molecule has 1 aromatic heterocycles. The maximum atomic E-state index is 5.73. The molecule has 1 nitrogen and oxygen atoms in total. The molecule has 3 heteroatoms. The van der Waals surface area contributed by atoms with Gasteiger partial charge < -0.3 is 4.74 Å². The number of ether oxygens (including phenoxy) is 1. The van der Waals surface area contributed by atoms with E-state index in [1.54, 1.807) is 0 Å². The SMILES string of the molecule is Cc1ccc(C(Br)c2cccc(OC(C)C)c2)s1. The summed E-state index contributed by atoms with van der Waals surface area (Å²) in [6.07, 6.45) is 0.206. The van der Waals surface area contributed by atoms with E-state index in [0.717, 1.165) is 5.75 Å². The zero-order valence-electron chi connectivity index (χ0n) is 10.8. The Kier molecular flexibility index (Phi) is 4.46. The van der Waals surface area contributed by atoms with Gasteiger partial charge in [0.15, 0.2) is 0 Å². The fraction of sp³-hybridized carbons (Fsp3) is 0.333. The van der Waals surface area contributed by atoms with Crippen molar-refractivity contribution in [2.75, 3.05) is 0 Å². The molecule has 2 rings (SSSR count). The van der Waals surface area contributed by atoms with Gasteiger partial charge in [0.1, 0.15) is 5.75 Å². The predicted molar refractivity (Wildman–Crippen MR) is 82.0 cm³/mol. The van der Waals surface area contributed by atoms with Gasteiger partial charge in [-0.05, 0) is 50.6 Å². The molecule has 1 heterocycles. The van der Waals surface area contributed by atoms with Crippen molar-refractivity contribution in [1.29, 1.82) is 0 Å². The minimum absolute atomic E-state index is 0.206. The first-order valence-electron chi connectivity index (χ1n) is 6.03. The molecular formula is C15H17BrOS. The first kappa shape index (κ1) is 13.6. The largest absolute Gasteiger partial charge is 0.491 e. The standard InChI is InChI=1S/C15H17BrOS/c1-10(2)17-13-6-4-5-12(9-13)15(16)14-8-7-11(3)18-14/h4-10,15H,1-3H3. The van der Waals surface area contributed by atoms with Crippen LogP contribution in [0.15, 0.2) is 36.4 Å². The molecule has 0 N–H and O–H groups in total. The molecule has 1 unspecified atom stereocenters. The Hall–Kier alpha value is -0.800. The van der Waals surface area contributed by atoms with Crippen molar-refractivity contribution in [3.63, 3.8) is 0 Å². The normalized spacial score (nSPS) is 12.7. The van der Waals surface area contributed by atoms with Crippen LogP contribution in [-0.2, 0) is 0 Å². The molecule has 0 amide bonds. The minimum Gasteiger partial charge on any atom is -0.491 e. The fourth-order valence-corrected chi connectivity index (χ4v) is 3.37. The molecule has 96 valence electrons. The maximum absolute atomic E-state index is 5.73. The third-order valence-electron chi connectivity index (χ3n) is 2.53. The summed E-state index contributed by atoms with van der Waals surface area (Å²) in [4.78, 5) is 2.91. The molecule has 1 atom stereocenters. The summed E-state index contributed by atoms with van der Waals surface area (Å²) >= 11 is 5.59. The van der Waals surface area contributed by atoms with E-state index in [4.69, 9.17) is 4.74 Å². The van der Waals surface area contributed by atoms with E-state index < -0.39 is 0 Å². The van der Waals surface area contributed by atoms with Crippen molar-refractivity contribution in [3.8, 4) is 5.75 Å². The molecule has 0 aliphatic carbocycles. The van der Waals surface area contributed by atoms with Crippen LogP contribution >= 0.6 is 27.3 Å². The Balaban J connectivity index is 2.22. The molecule has 2 aromatic rings.